The molecule has 4 nitrogen and oxygen atoms in total. The molecule has 84 valence electrons. The van der Waals surface area contributed by atoms with Crippen LogP contribution in [-0.2, 0) is 4.79 Å². The van der Waals surface area contributed by atoms with Crippen molar-refractivity contribution in [3.63, 3.8) is 0 Å². The van der Waals surface area contributed by atoms with E-state index < -0.39 is 6.04 Å². The van der Waals surface area contributed by atoms with Gasteiger partial charge in [0.05, 0.1) is 6.07 Å². The lowest BCUT2D eigenvalue weighted by Crippen LogP contribution is -2.24. The van der Waals surface area contributed by atoms with E-state index in [2.05, 4.69) is 11.4 Å². The van der Waals surface area contributed by atoms with Crippen LogP contribution < -0.4 is 10.2 Å². The average molecular weight is 217 g/mol. The fourth-order valence-electron chi connectivity index (χ4n) is 1.36. The zero-order valence-electron chi connectivity index (χ0n) is 9.69. The Balaban J connectivity index is 2.87. The molecule has 0 bridgehead atoms. The highest BCUT2D eigenvalue weighted by Crippen LogP contribution is 2.17. The van der Waals surface area contributed by atoms with Gasteiger partial charge >= 0.3 is 0 Å². The molecule has 0 aromatic heterocycles. The van der Waals surface area contributed by atoms with Gasteiger partial charge in [0.25, 0.3) is 0 Å². The fraction of sp³-hybridized carbons (Fsp3) is 0.333. The molecular weight excluding hydrogens is 202 g/mol. The van der Waals surface area contributed by atoms with Gasteiger partial charge in [0.1, 0.15) is 6.04 Å². The molecule has 0 radical (unpaired) electrons. The molecule has 0 saturated carbocycles. The van der Waals surface area contributed by atoms with Gasteiger partial charge in [0, 0.05) is 26.7 Å². The number of amides is 1. The van der Waals surface area contributed by atoms with Crippen molar-refractivity contribution in [1.29, 1.82) is 5.26 Å². The van der Waals surface area contributed by atoms with Crippen LogP contribution >= 0.6 is 0 Å². The summed E-state index contributed by atoms with van der Waals surface area (Å²) in [6.07, 6.45) is 0. The molecule has 1 rings (SSSR count). The molecule has 1 N–H and O–H groups in total. The van der Waals surface area contributed by atoms with Gasteiger partial charge in [-0.2, -0.15) is 5.26 Å². The second-order valence-corrected chi connectivity index (χ2v) is 3.75. The van der Waals surface area contributed by atoms with E-state index in [0.29, 0.717) is 0 Å². The van der Waals surface area contributed by atoms with Crippen molar-refractivity contribution in [2.75, 3.05) is 19.0 Å². The predicted molar refractivity (Wildman–Crippen MR) is 62.9 cm³/mol. The highest BCUT2D eigenvalue weighted by Gasteiger charge is 2.10. The monoisotopic (exact) mass is 217 g/mol. The topological polar surface area (TPSA) is 56.1 Å². The van der Waals surface area contributed by atoms with E-state index in [1.807, 2.05) is 43.3 Å². The quantitative estimate of drug-likeness (QED) is 0.833. The van der Waals surface area contributed by atoms with Crippen LogP contribution in [0.15, 0.2) is 24.3 Å². The maximum Gasteiger partial charge on any atom is 0.218 e. The first kappa shape index (κ1) is 12.1. The molecule has 16 heavy (non-hydrogen) atoms. The Morgan fingerprint density at radius 1 is 1.38 bits per heavy atom. The van der Waals surface area contributed by atoms with Gasteiger partial charge in [0.2, 0.25) is 5.91 Å². The first-order valence-corrected chi connectivity index (χ1v) is 4.98. The van der Waals surface area contributed by atoms with Gasteiger partial charge in [-0.25, -0.2) is 0 Å². The highest BCUT2D eigenvalue weighted by atomic mass is 16.1. The maximum absolute atomic E-state index is 10.9. The molecule has 1 amide bonds. The number of benzene rings is 1. The summed E-state index contributed by atoms with van der Waals surface area (Å²) in [5.74, 6) is -0.205. The van der Waals surface area contributed by atoms with E-state index in [0.717, 1.165) is 11.3 Å². The van der Waals surface area contributed by atoms with Crippen molar-refractivity contribution in [3.8, 4) is 6.07 Å². The third-order valence-corrected chi connectivity index (χ3v) is 2.22. The second-order valence-electron chi connectivity index (χ2n) is 3.75. The highest BCUT2D eigenvalue weighted by molar-refractivity contribution is 5.74. The Kier molecular flexibility index (Phi) is 3.90. The lowest BCUT2D eigenvalue weighted by atomic mass is 10.1. The van der Waals surface area contributed by atoms with Gasteiger partial charge in [-0.15, -0.1) is 0 Å². The lowest BCUT2D eigenvalue weighted by molar-refractivity contribution is -0.119. The smallest absolute Gasteiger partial charge is 0.218 e. The summed E-state index contributed by atoms with van der Waals surface area (Å²) in [7, 11) is 3.90. The summed E-state index contributed by atoms with van der Waals surface area (Å²) in [5.41, 5.74) is 1.85. The number of hydrogen-bond donors (Lipinski definition) is 1. The minimum atomic E-state index is -0.575. The van der Waals surface area contributed by atoms with Crippen molar-refractivity contribution in [3.05, 3.63) is 29.8 Å². The SMILES string of the molecule is CC(=O)NC(C#N)c1ccc(N(C)C)cc1. The Morgan fingerprint density at radius 3 is 2.31 bits per heavy atom. The summed E-state index contributed by atoms with van der Waals surface area (Å²) in [6.45, 7) is 1.40. The Morgan fingerprint density at radius 2 is 1.94 bits per heavy atom. The molecule has 0 fully saturated rings. The van der Waals surface area contributed by atoms with Crippen LogP contribution in [0.5, 0.6) is 0 Å². The minimum Gasteiger partial charge on any atom is -0.378 e. The summed E-state index contributed by atoms with van der Waals surface area (Å²) < 4.78 is 0. The van der Waals surface area contributed by atoms with E-state index in [1.54, 1.807) is 0 Å². The summed E-state index contributed by atoms with van der Waals surface area (Å²) in [5, 5.41) is 11.5. The standard InChI is InChI=1S/C12H15N3O/c1-9(16)14-12(8-13)10-4-6-11(7-5-10)15(2)3/h4-7,12H,1-3H3,(H,14,16). The number of nitrogens with zero attached hydrogens (tertiary/aromatic N) is 2. The van der Waals surface area contributed by atoms with Crippen LogP contribution in [0, 0.1) is 11.3 Å². The molecule has 0 saturated heterocycles. The van der Waals surface area contributed by atoms with Crippen molar-refractivity contribution in [2.24, 2.45) is 0 Å². The van der Waals surface area contributed by atoms with E-state index in [9.17, 15) is 4.79 Å². The molecular formula is C12H15N3O. The molecule has 1 aromatic rings. The van der Waals surface area contributed by atoms with E-state index in [4.69, 9.17) is 5.26 Å². The van der Waals surface area contributed by atoms with Crippen LogP contribution in [0.3, 0.4) is 0 Å². The molecule has 0 heterocycles. The van der Waals surface area contributed by atoms with Gasteiger partial charge in [0.15, 0.2) is 0 Å². The average Bonchev–Trinajstić information content (AvgIpc) is 2.25. The van der Waals surface area contributed by atoms with E-state index >= 15 is 0 Å². The lowest BCUT2D eigenvalue weighted by Gasteiger charge is -2.14. The van der Waals surface area contributed by atoms with Crippen molar-refractivity contribution in [2.45, 2.75) is 13.0 Å². The van der Waals surface area contributed by atoms with Crippen LogP contribution in [0.1, 0.15) is 18.5 Å². The summed E-state index contributed by atoms with van der Waals surface area (Å²) in [4.78, 5) is 12.9. The molecule has 0 aliphatic rings. The fourth-order valence-corrected chi connectivity index (χ4v) is 1.36. The molecule has 0 aliphatic carbocycles. The number of nitrogens with one attached hydrogen (secondary N) is 1. The molecule has 1 aromatic carbocycles. The summed E-state index contributed by atoms with van der Waals surface area (Å²) in [6, 6.07) is 9.01. The Labute approximate surface area is 95.5 Å². The number of carbonyl (C=O) groups excluding carboxylic acids is 1. The number of rotatable bonds is 3. The van der Waals surface area contributed by atoms with Crippen LogP contribution in [0.25, 0.3) is 0 Å². The molecule has 1 atom stereocenters. The number of hydrogen-bond acceptors (Lipinski definition) is 3. The Bertz CT molecular complexity index is 403. The van der Waals surface area contributed by atoms with Gasteiger partial charge in [-0.1, -0.05) is 12.1 Å². The number of anilines is 1. The normalized spacial score (nSPS) is 11.4. The third-order valence-electron chi connectivity index (χ3n) is 2.22. The Hall–Kier alpha value is -2.02. The van der Waals surface area contributed by atoms with Crippen LogP contribution in [-0.4, -0.2) is 20.0 Å². The molecule has 0 aliphatic heterocycles. The van der Waals surface area contributed by atoms with Crippen LogP contribution in [0.2, 0.25) is 0 Å². The zero-order chi connectivity index (χ0) is 12.1. The minimum absolute atomic E-state index is 0.205. The first-order valence-electron chi connectivity index (χ1n) is 4.98. The van der Waals surface area contributed by atoms with E-state index in [1.165, 1.54) is 6.92 Å². The second kappa shape index (κ2) is 5.17. The maximum atomic E-state index is 10.9. The van der Waals surface area contributed by atoms with Crippen molar-refractivity contribution in [1.82, 2.24) is 5.32 Å². The molecule has 1 unspecified atom stereocenters. The molecule has 0 spiro atoms. The van der Waals surface area contributed by atoms with Gasteiger partial charge in [-0.05, 0) is 17.7 Å². The molecule has 4 heteroatoms. The number of carbonyl (C=O) groups is 1. The van der Waals surface area contributed by atoms with Crippen molar-refractivity contribution < 1.29 is 4.79 Å². The summed E-state index contributed by atoms with van der Waals surface area (Å²) >= 11 is 0. The van der Waals surface area contributed by atoms with Crippen molar-refractivity contribution >= 4 is 11.6 Å². The van der Waals surface area contributed by atoms with Gasteiger partial charge in [-0.3, -0.25) is 4.79 Å². The first-order chi connectivity index (χ1) is 7.54. The van der Waals surface area contributed by atoms with Crippen LogP contribution in [0.4, 0.5) is 5.69 Å². The largest absolute Gasteiger partial charge is 0.378 e. The number of nitriles is 1. The third kappa shape index (κ3) is 2.99. The van der Waals surface area contributed by atoms with E-state index in [-0.39, 0.29) is 5.91 Å². The van der Waals surface area contributed by atoms with Gasteiger partial charge < -0.3 is 10.2 Å². The zero-order valence-corrected chi connectivity index (χ0v) is 9.69. The predicted octanol–water partition coefficient (Wildman–Crippen LogP) is 1.45.